The highest BCUT2D eigenvalue weighted by atomic mass is 16.5. The van der Waals surface area contributed by atoms with Crippen molar-refractivity contribution < 1.29 is 9.47 Å². The van der Waals surface area contributed by atoms with Crippen LogP contribution in [0.3, 0.4) is 0 Å². The largest absolute Gasteiger partial charge is 0.493 e. The second-order valence-corrected chi connectivity index (χ2v) is 4.11. The van der Waals surface area contributed by atoms with Crippen molar-refractivity contribution in [2.75, 3.05) is 14.2 Å². The van der Waals surface area contributed by atoms with Crippen LogP contribution in [-0.2, 0) is 0 Å². The number of aromatic nitrogens is 2. The lowest BCUT2D eigenvalue weighted by molar-refractivity contribution is 0.356. The second kappa shape index (κ2) is 4.28. The van der Waals surface area contributed by atoms with Crippen LogP contribution in [-0.4, -0.2) is 24.2 Å². The first-order valence-corrected chi connectivity index (χ1v) is 5.77. The number of H-pyrrole nitrogens is 1. The molecule has 3 aromatic rings. The maximum absolute atomic E-state index is 12.1. The smallest absolute Gasteiger partial charge is 0.257 e. The predicted octanol–water partition coefficient (Wildman–Crippen LogP) is 2.09. The molecule has 1 N–H and O–H groups in total. The summed E-state index contributed by atoms with van der Waals surface area (Å²) in [4.78, 5) is 19.0. The number of methoxy groups -OCH3 is 2. The summed E-state index contributed by atoms with van der Waals surface area (Å²) in [5, 5.41) is 2.22. The number of fused-ring (bicyclic) bond motifs is 3. The van der Waals surface area contributed by atoms with Gasteiger partial charge in [-0.3, -0.25) is 4.79 Å². The molecule has 2 aromatic heterocycles. The van der Waals surface area contributed by atoms with Crippen molar-refractivity contribution in [1.82, 2.24) is 9.97 Å². The molecule has 1 aromatic carbocycles. The summed E-state index contributed by atoms with van der Waals surface area (Å²) >= 11 is 0. The van der Waals surface area contributed by atoms with Crippen LogP contribution in [0.2, 0.25) is 0 Å². The first-order valence-electron chi connectivity index (χ1n) is 5.77. The van der Waals surface area contributed by atoms with Crippen LogP contribution >= 0.6 is 0 Å². The fourth-order valence-electron chi connectivity index (χ4n) is 2.19. The molecule has 0 saturated carbocycles. The topological polar surface area (TPSA) is 64.2 Å². The number of hydrogen-bond acceptors (Lipinski definition) is 4. The van der Waals surface area contributed by atoms with Crippen molar-refractivity contribution in [1.29, 1.82) is 0 Å². The van der Waals surface area contributed by atoms with Crippen molar-refractivity contribution >= 4 is 21.8 Å². The van der Waals surface area contributed by atoms with Gasteiger partial charge in [-0.25, -0.2) is 4.98 Å². The zero-order valence-corrected chi connectivity index (χ0v) is 10.6. The first kappa shape index (κ1) is 11.5. The number of nitrogens with zero attached hydrogens (tertiary/aromatic N) is 1. The minimum Gasteiger partial charge on any atom is -0.493 e. The van der Waals surface area contributed by atoms with Crippen LogP contribution in [0, 0.1) is 0 Å². The Balaban J connectivity index is 2.53. The zero-order valence-electron chi connectivity index (χ0n) is 10.6. The van der Waals surface area contributed by atoms with Gasteiger partial charge in [-0.15, -0.1) is 0 Å². The molecular weight excluding hydrogens is 244 g/mol. The maximum Gasteiger partial charge on any atom is 0.257 e. The van der Waals surface area contributed by atoms with E-state index in [4.69, 9.17) is 9.47 Å². The lowest BCUT2D eigenvalue weighted by Gasteiger charge is -2.10. The Morgan fingerprint density at radius 3 is 2.42 bits per heavy atom. The highest BCUT2D eigenvalue weighted by Crippen LogP contribution is 2.33. The van der Waals surface area contributed by atoms with Crippen LogP contribution < -0.4 is 15.0 Å². The van der Waals surface area contributed by atoms with Gasteiger partial charge in [-0.05, 0) is 24.3 Å². The normalized spacial score (nSPS) is 10.8. The van der Waals surface area contributed by atoms with Gasteiger partial charge in [-0.1, -0.05) is 0 Å². The van der Waals surface area contributed by atoms with E-state index in [0.717, 1.165) is 10.8 Å². The van der Waals surface area contributed by atoms with E-state index in [0.29, 0.717) is 22.5 Å². The molecule has 5 heteroatoms. The molecule has 0 aliphatic rings. The Morgan fingerprint density at radius 1 is 1.05 bits per heavy atom. The molecule has 0 aliphatic carbocycles. The molecule has 0 fully saturated rings. The molecule has 0 spiro atoms. The summed E-state index contributed by atoms with van der Waals surface area (Å²) < 4.78 is 10.5. The number of rotatable bonds is 2. The van der Waals surface area contributed by atoms with Gasteiger partial charge in [0.25, 0.3) is 5.56 Å². The van der Waals surface area contributed by atoms with Gasteiger partial charge in [0, 0.05) is 17.0 Å². The number of hydrogen-bond donors (Lipinski definition) is 1. The van der Waals surface area contributed by atoms with E-state index in [-0.39, 0.29) is 5.56 Å². The van der Waals surface area contributed by atoms with E-state index >= 15 is 0 Å². The molecular formula is C14H12N2O3. The zero-order chi connectivity index (χ0) is 13.4. The highest BCUT2D eigenvalue weighted by molar-refractivity contribution is 6.05. The first-order chi connectivity index (χ1) is 9.24. The summed E-state index contributed by atoms with van der Waals surface area (Å²) in [5.41, 5.74) is 0.370. The van der Waals surface area contributed by atoms with E-state index in [1.54, 1.807) is 32.5 Å². The van der Waals surface area contributed by atoms with Crippen molar-refractivity contribution in [3.8, 4) is 11.5 Å². The second-order valence-electron chi connectivity index (χ2n) is 4.11. The molecule has 0 radical (unpaired) electrons. The van der Waals surface area contributed by atoms with Gasteiger partial charge in [0.05, 0.1) is 19.6 Å². The van der Waals surface area contributed by atoms with E-state index in [1.165, 1.54) is 0 Å². The molecule has 0 amide bonds. The van der Waals surface area contributed by atoms with Gasteiger partial charge < -0.3 is 14.5 Å². The van der Waals surface area contributed by atoms with Crippen molar-refractivity contribution in [2.45, 2.75) is 0 Å². The lowest BCUT2D eigenvalue weighted by atomic mass is 10.1. The van der Waals surface area contributed by atoms with Crippen molar-refractivity contribution in [2.24, 2.45) is 0 Å². The maximum atomic E-state index is 12.1. The molecule has 0 saturated heterocycles. The predicted molar refractivity (Wildman–Crippen MR) is 73.0 cm³/mol. The Labute approximate surface area is 108 Å². The Morgan fingerprint density at radius 2 is 1.74 bits per heavy atom. The van der Waals surface area contributed by atoms with E-state index < -0.39 is 0 Å². The van der Waals surface area contributed by atoms with Gasteiger partial charge in [0.15, 0.2) is 11.5 Å². The fraction of sp³-hybridized carbons (Fsp3) is 0.143. The van der Waals surface area contributed by atoms with Gasteiger partial charge in [-0.2, -0.15) is 0 Å². The summed E-state index contributed by atoms with van der Waals surface area (Å²) in [6.07, 6.45) is 1.64. The third-order valence-electron chi connectivity index (χ3n) is 3.10. The molecule has 0 bridgehead atoms. The van der Waals surface area contributed by atoms with Gasteiger partial charge in [0.1, 0.15) is 5.65 Å². The Bertz CT molecular complexity index is 824. The molecule has 96 valence electrons. The molecule has 2 heterocycles. The molecule has 0 atom stereocenters. The van der Waals surface area contributed by atoms with Gasteiger partial charge >= 0.3 is 0 Å². The molecule has 5 nitrogen and oxygen atoms in total. The SMILES string of the molecule is COc1cc2c(=O)[nH]c3ncccc3c2cc1OC. The lowest BCUT2D eigenvalue weighted by Crippen LogP contribution is -2.07. The number of nitrogens with one attached hydrogen (secondary N) is 1. The van der Waals surface area contributed by atoms with Gasteiger partial charge in [0.2, 0.25) is 0 Å². The summed E-state index contributed by atoms with van der Waals surface area (Å²) in [6, 6.07) is 7.22. The minimum absolute atomic E-state index is 0.192. The van der Waals surface area contributed by atoms with Crippen LogP contribution in [0.15, 0.2) is 35.3 Å². The number of ether oxygens (including phenoxy) is 2. The highest BCUT2D eigenvalue weighted by Gasteiger charge is 2.11. The van der Waals surface area contributed by atoms with Crippen molar-refractivity contribution in [3.05, 3.63) is 40.8 Å². The van der Waals surface area contributed by atoms with E-state index in [1.807, 2.05) is 12.1 Å². The van der Waals surface area contributed by atoms with Crippen LogP contribution in [0.1, 0.15) is 0 Å². The summed E-state index contributed by atoms with van der Waals surface area (Å²) in [7, 11) is 3.11. The number of pyridine rings is 2. The van der Waals surface area contributed by atoms with Crippen LogP contribution in [0.5, 0.6) is 11.5 Å². The number of aromatic amines is 1. The molecule has 0 unspecified atom stereocenters. The molecule has 3 rings (SSSR count). The third-order valence-corrected chi connectivity index (χ3v) is 3.10. The van der Waals surface area contributed by atoms with Crippen LogP contribution in [0.25, 0.3) is 21.8 Å². The Hall–Kier alpha value is -2.56. The van der Waals surface area contributed by atoms with E-state index in [2.05, 4.69) is 9.97 Å². The standard InChI is InChI=1S/C14H12N2O3/c1-18-11-6-9-8-4-3-5-15-13(8)16-14(17)10(9)7-12(11)19-2/h3-7H,1-2H3,(H,15,16,17). The quantitative estimate of drug-likeness (QED) is 0.713. The average Bonchev–Trinajstić information content (AvgIpc) is 2.46. The summed E-state index contributed by atoms with van der Waals surface area (Å²) in [6.45, 7) is 0. The number of benzene rings is 1. The van der Waals surface area contributed by atoms with E-state index in [9.17, 15) is 4.79 Å². The minimum atomic E-state index is -0.192. The third kappa shape index (κ3) is 1.71. The molecule has 19 heavy (non-hydrogen) atoms. The fourth-order valence-corrected chi connectivity index (χ4v) is 2.19. The Kier molecular flexibility index (Phi) is 2.59. The average molecular weight is 256 g/mol. The molecule has 0 aliphatic heterocycles. The summed E-state index contributed by atoms with van der Waals surface area (Å²) in [5.74, 6) is 1.12. The monoisotopic (exact) mass is 256 g/mol. The van der Waals surface area contributed by atoms with Crippen LogP contribution in [0.4, 0.5) is 0 Å². The van der Waals surface area contributed by atoms with Crippen molar-refractivity contribution in [3.63, 3.8) is 0 Å².